The molecule has 7 heteroatoms. The molecule has 0 heterocycles. The Morgan fingerprint density at radius 1 is 1.10 bits per heavy atom. The van der Waals surface area contributed by atoms with Gasteiger partial charge in [-0.2, -0.15) is 16.8 Å². The molecule has 39 heavy (non-hydrogen) atoms. The summed E-state index contributed by atoms with van der Waals surface area (Å²) in [5.74, 6) is 0.698. The third-order valence-electron chi connectivity index (χ3n) is 7.50. The smallest absolute Gasteiger partial charge is 0.328 e. The van der Waals surface area contributed by atoms with E-state index in [0.717, 1.165) is 54.0 Å². The number of unbranched alkanes of at least 4 members (excludes halogenated alkanes) is 1. The molecule has 0 aromatic heterocycles. The van der Waals surface area contributed by atoms with Crippen LogP contribution in [0, 0.1) is 12.8 Å². The van der Waals surface area contributed by atoms with Crippen molar-refractivity contribution in [2.45, 2.75) is 77.8 Å². The number of aryl methyl sites for hydroxylation is 1. The molecule has 1 aliphatic rings. The lowest BCUT2D eigenvalue weighted by Crippen LogP contribution is -2.42. The third kappa shape index (κ3) is 9.66. The fourth-order valence-corrected chi connectivity index (χ4v) is 5.61. The molecule has 1 aliphatic carbocycles. The summed E-state index contributed by atoms with van der Waals surface area (Å²) in [6.45, 7) is 6.57. The predicted octanol–water partition coefficient (Wildman–Crippen LogP) is 6.80. The first kappa shape index (κ1) is 31.2. The van der Waals surface area contributed by atoms with Crippen molar-refractivity contribution in [2.24, 2.45) is 5.92 Å². The molecule has 2 aromatic carbocycles. The van der Waals surface area contributed by atoms with Crippen LogP contribution in [0.4, 0.5) is 0 Å². The second-order valence-electron chi connectivity index (χ2n) is 10.5. The molecule has 0 radical (unpaired) electrons. The van der Waals surface area contributed by atoms with E-state index >= 15 is 0 Å². The number of carbonyl (C=O) groups excluding carboxylic acids is 2. The van der Waals surface area contributed by atoms with Gasteiger partial charge in [-0.1, -0.05) is 62.9 Å². The van der Waals surface area contributed by atoms with E-state index in [0.29, 0.717) is 24.4 Å². The molecule has 3 rings (SSSR count). The van der Waals surface area contributed by atoms with Crippen molar-refractivity contribution in [3.8, 4) is 11.1 Å². The summed E-state index contributed by atoms with van der Waals surface area (Å²) in [5, 5.41) is 5.03. The monoisotopic (exact) mass is 554 g/mol. The quantitative estimate of drug-likeness (QED) is 0.193. The Kier molecular flexibility index (Phi) is 13.3. The van der Waals surface area contributed by atoms with Crippen LogP contribution in [0.5, 0.6) is 0 Å². The maximum atomic E-state index is 13.5. The summed E-state index contributed by atoms with van der Waals surface area (Å²) in [5.41, 5.74) is 4.60. The lowest BCUT2D eigenvalue weighted by molar-refractivity contribution is -0.179. The second-order valence-corrected chi connectivity index (χ2v) is 11.5. The molecule has 0 aliphatic heterocycles. The van der Waals surface area contributed by atoms with Crippen molar-refractivity contribution >= 4 is 23.6 Å². The number of hydroxylamine groups is 2. The summed E-state index contributed by atoms with van der Waals surface area (Å²) in [6, 6.07) is 13.4. The Morgan fingerprint density at radius 3 is 2.56 bits per heavy atom. The molecule has 1 N–H and O–H groups in total. The van der Waals surface area contributed by atoms with Crippen molar-refractivity contribution in [2.75, 3.05) is 32.3 Å². The molecule has 0 spiro atoms. The maximum Gasteiger partial charge on any atom is 0.328 e. The lowest BCUT2D eigenvalue weighted by atomic mass is 9.90. The number of nitrogens with one attached hydrogen (secondary N) is 1. The fourth-order valence-electron chi connectivity index (χ4n) is 5.14. The first-order valence-corrected chi connectivity index (χ1v) is 15.8. The highest BCUT2D eigenvalue weighted by Crippen LogP contribution is 2.29. The summed E-state index contributed by atoms with van der Waals surface area (Å²) < 4.78 is 4.96. The molecule has 1 amide bonds. The Hall–Kier alpha value is -2.35. The molecule has 214 valence electrons. The molecule has 1 saturated carbocycles. The predicted molar refractivity (Wildman–Crippen MR) is 161 cm³/mol. The van der Waals surface area contributed by atoms with Gasteiger partial charge >= 0.3 is 5.97 Å². The van der Waals surface area contributed by atoms with Crippen molar-refractivity contribution in [3.63, 3.8) is 0 Å². The number of hydrogen-bond donors (Lipinski definition) is 1. The average molecular weight is 555 g/mol. The number of hydrogen-bond acceptors (Lipinski definition) is 6. The first-order valence-electron chi connectivity index (χ1n) is 14.4. The zero-order chi connectivity index (χ0) is 28.0. The first-order chi connectivity index (χ1) is 19.0. The summed E-state index contributed by atoms with van der Waals surface area (Å²) in [6.07, 6.45) is 11.1. The van der Waals surface area contributed by atoms with Crippen LogP contribution < -0.4 is 5.32 Å². The van der Waals surface area contributed by atoms with Gasteiger partial charge in [-0.3, -0.25) is 9.63 Å². The molecule has 2 aromatic rings. The summed E-state index contributed by atoms with van der Waals surface area (Å²) in [4.78, 5) is 32.3. The number of rotatable bonds is 15. The van der Waals surface area contributed by atoms with Gasteiger partial charge in [0.2, 0.25) is 0 Å². The van der Waals surface area contributed by atoms with Crippen LogP contribution >= 0.6 is 11.8 Å². The van der Waals surface area contributed by atoms with E-state index in [1.54, 1.807) is 11.8 Å². The second kappa shape index (κ2) is 16.7. The van der Waals surface area contributed by atoms with Gasteiger partial charge in [0.05, 0.1) is 13.7 Å². The highest BCUT2D eigenvalue weighted by molar-refractivity contribution is 7.98. The number of esters is 1. The van der Waals surface area contributed by atoms with E-state index in [2.05, 4.69) is 36.4 Å². The molecule has 0 bridgehead atoms. The molecule has 1 atom stereocenters. The lowest BCUT2D eigenvalue weighted by Gasteiger charge is -2.27. The minimum Gasteiger partial charge on any atom is -0.467 e. The highest BCUT2D eigenvalue weighted by Gasteiger charge is 2.24. The third-order valence-corrected chi connectivity index (χ3v) is 8.15. The van der Waals surface area contributed by atoms with Crippen LogP contribution in [0.2, 0.25) is 0 Å². The van der Waals surface area contributed by atoms with Gasteiger partial charge in [-0.25, -0.2) is 4.79 Å². The van der Waals surface area contributed by atoms with E-state index in [1.807, 2.05) is 36.6 Å². The largest absolute Gasteiger partial charge is 0.467 e. The Balaban J connectivity index is 1.86. The van der Waals surface area contributed by atoms with Crippen LogP contribution in [0.1, 0.15) is 79.8 Å². The standard InChI is InChI=1S/C32H46N2O4S/c1-5-6-19-34(38-23-25-13-8-7-9-14-25)22-26-16-17-28(29(21-26)27-15-11-10-12-24(27)2)31(35)33-30(18-20-39-4)32(36)37-3/h10-12,15-17,21,25,30H,5-9,13-14,18-20,22-23H2,1-4H3,(H,33,35). The molecule has 1 unspecified atom stereocenters. The van der Waals surface area contributed by atoms with Crippen LogP contribution in [-0.2, 0) is 20.9 Å². The van der Waals surface area contributed by atoms with Crippen molar-refractivity contribution in [1.29, 1.82) is 0 Å². The molecular formula is C32H46N2O4S. The molecule has 6 nitrogen and oxygen atoms in total. The van der Waals surface area contributed by atoms with Gasteiger partial charge in [0, 0.05) is 18.7 Å². The van der Waals surface area contributed by atoms with Gasteiger partial charge in [0.15, 0.2) is 0 Å². The van der Waals surface area contributed by atoms with Gasteiger partial charge < -0.3 is 10.1 Å². The topological polar surface area (TPSA) is 67.9 Å². The number of thioether (sulfide) groups is 1. The van der Waals surface area contributed by atoms with Gasteiger partial charge in [0.1, 0.15) is 6.04 Å². The summed E-state index contributed by atoms with van der Waals surface area (Å²) in [7, 11) is 1.36. The van der Waals surface area contributed by atoms with Gasteiger partial charge in [0.25, 0.3) is 5.91 Å². The normalized spacial score (nSPS) is 14.8. The van der Waals surface area contributed by atoms with Gasteiger partial charge in [-0.15, -0.1) is 0 Å². The van der Waals surface area contributed by atoms with E-state index in [-0.39, 0.29) is 5.91 Å². The number of benzene rings is 2. The Labute approximate surface area is 239 Å². The minimum atomic E-state index is -0.683. The zero-order valence-corrected chi connectivity index (χ0v) is 25.0. The molecular weight excluding hydrogens is 508 g/mol. The number of methoxy groups -OCH3 is 1. The van der Waals surface area contributed by atoms with Crippen molar-refractivity contribution in [1.82, 2.24) is 10.4 Å². The minimum absolute atomic E-state index is 0.271. The van der Waals surface area contributed by atoms with E-state index < -0.39 is 12.0 Å². The zero-order valence-electron chi connectivity index (χ0n) is 24.2. The van der Waals surface area contributed by atoms with Crippen LogP contribution in [-0.4, -0.2) is 55.3 Å². The number of ether oxygens (including phenoxy) is 1. The van der Waals surface area contributed by atoms with Crippen LogP contribution in [0.15, 0.2) is 42.5 Å². The van der Waals surface area contributed by atoms with Gasteiger partial charge in [-0.05, 0) is 84.9 Å². The Bertz CT molecular complexity index is 1050. The average Bonchev–Trinajstić information content (AvgIpc) is 2.96. The van der Waals surface area contributed by atoms with Crippen LogP contribution in [0.25, 0.3) is 11.1 Å². The number of amides is 1. The van der Waals surface area contributed by atoms with Crippen molar-refractivity contribution in [3.05, 3.63) is 59.2 Å². The van der Waals surface area contributed by atoms with E-state index in [4.69, 9.17) is 9.57 Å². The number of carbonyl (C=O) groups is 2. The molecule has 0 saturated heterocycles. The van der Waals surface area contributed by atoms with E-state index in [1.165, 1.54) is 39.2 Å². The Morgan fingerprint density at radius 2 is 1.87 bits per heavy atom. The maximum absolute atomic E-state index is 13.5. The SMILES string of the molecule is CCCCN(Cc1ccc(C(=O)NC(CCSC)C(=O)OC)c(-c2ccccc2C)c1)OCC1CCCCC1. The van der Waals surface area contributed by atoms with Crippen molar-refractivity contribution < 1.29 is 19.2 Å². The highest BCUT2D eigenvalue weighted by atomic mass is 32.2. The summed E-state index contributed by atoms with van der Waals surface area (Å²) >= 11 is 1.63. The van der Waals surface area contributed by atoms with E-state index in [9.17, 15) is 9.59 Å². The van der Waals surface area contributed by atoms with Crippen LogP contribution in [0.3, 0.4) is 0 Å². The number of nitrogens with zero attached hydrogens (tertiary/aromatic N) is 1. The fraction of sp³-hybridized carbons (Fsp3) is 0.562. The molecule has 1 fully saturated rings.